The maximum atomic E-state index is 12.6. The lowest BCUT2D eigenvalue weighted by molar-refractivity contribution is -0.384. The van der Waals surface area contributed by atoms with Gasteiger partial charge in [0.2, 0.25) is 0 Å². The number of nitrogens with zero attached hydrogens (tertiary/aromatic N) is 2. The van der Waals surface area contributed by atoms with E-state index in [2.05, 4.69) is 0 Å². The van der Waals surface area contributed by atoms with Crippen LogP contribution in [0, 0.1) is 15.5 Å². The normalized spacial score (nSPS) is 10.9. The van der Waals surface area contributed by atoms with Crippen LogP contribution in [-0.2, 0) is 0 Å². The number of fused-ring (bicyclic) bond motifs is 1. The molecule has 0 fully saturated rings. The molecule has 1 heterocycles. The fourth-order valence-corrected chi connectivity index (χ4v) is 2.56. The van der Waals surface area contributed by atoms with Crippen molar-refractivity contribution in [3.8, 4) is 5.69 Å². The van der Waals surface area contributed by atoms with Crippen molar-refractivity contribution in [3.05, 3.63) is 72.6 Å². The van der Waals surface area contributed by atoms with Gasteiger partial charge in [-0.1, -0.05) is 23.2 Å². The third-order valence-corrected chi connectivity index (χ3v) is 3.71. The number of nitro benzene ring substituents is 1. The Morgan fingerprint density at radius 1 is 1.17 bits per heavy atom. The molecule has 1 N–H and O–H groups in total. The van der Waals surface area contributed by atoms with Crippen molar-refractivity contribution in [3.63, 3.8) is 0 Å². The van der Waals surface area contributed by atoms with Gasteiger partial charge in [0.25, 0.3) is 11.2 Å². The lowest BCUT2D eigenvalue weighted by Gasteiger charge is -2.08. The molecule has 0 atom stereocenters. The molecule has 7 nitrogen and oxygen atoms in total. The van der Waals surface area contributed by atoms with Gasteiger partial charge in [-0.3, -0.25) is 20.3 Å². The first kappa shape index (κ1) is 15.3. The van der Waals surface area contributed by atoms with E-state index >= 15 is 0 Å². The van der Waals surface area contributed by atoms with E-state index in [4.69, 9.17) is 33.0 Å². The van der Waals surface area contributed by atoms with E-state index in [0.717, 1.165) is 10.6 Å². The van der Waals surface area contributed by atoms with Gasteiger partial charge in [0.05, 0.1) is 21.0 Å². The number of aromatic nitrogens is 1. The van der Waals surface area contributed by atoms with Crippen molar-refractivity contribution in [1.29, 1.82) is 5.41 Å². The number of nitrogens with one attached hydrogen (secondary N) is 1. The smallest absolute Gasteiger partial charge is 0.301 e. The third kappa shape index (κ3) is 2.60. The summed E-state index contributed by atoms with van der Waals surface area (Å²) >= 11 is 11.9. The highest BCUT2D eigenvalue weighted by molar-refractivity contribution is 6.32. The predicted molar refractivity (Wildman–Crippen MR) is 84.3 cm³/mol. The summed E-state index contributed by atoms with van der Waals surface area (Å²) < 4.78 is 6.22. The zero-order valence-corrected chi connectivity index (χ0v) is 12.8. The number of halogens is 2. The van der Waals surface area contributed by atoms with Crippen molar-refractivity contribution in [2.75, 3.05) is 0 Å². The Morgan fingerprint density at radius 3 is 2.57 bits per heavy atom. The SMILES string of the molecule is N=c1oc2ccc(Cl)cc2c(=O)n1-c1ccc([N+](=O)[O-])cc1Cl. The molecule has 2 aromatic carbocycles. The maximum absolute atomic E-state index is 12.6. The Morgan fingerprint density at radius 2 is 1.91 bits per heavy atom. The van der Waals surface area contributed by atoms with Crippen molar-refractivity contribution in [1.82, 2.24) is 4.57 Å². The van der Waals surface area contributed by atoms with Crippen LogP contribution >= 0.6 is 23.2 Å². The van der Waals surface area contributed by atoms with Gasteiger partial charge in [-0.25, -0.2) is 4.57 Å². The van der Waals surface area contributed by atoms with Crippen molar-refractivity contribution in [2.24, 2.45) is 0 Å². The van der Waals surface area contributed by atoms with E-state index < -0.39 is 16.2 Å². The second-order valence-corrected chi connectivity index (χ2v) is 5.42. The van der Waals surface area contributed by atoms with Crippen LogP contribution in [0.5, 0.6) is 0 Å². The van der Waals surface area contributed by atoms with Gasteiger partial charge < -0.3 is 4.42 Å². The van der Waals surface area contributed by atoms with Gasteiger partial charge in [-0.05, 0) is 24.3 Å². The zero-order chi connectivity index (χ0) is 16.7. The van der Waals surface area contributed by atoms with Crippen LogP contribution < -0.4 is 11.2 Å². The minimum absolute atomic E-state index is 0.0496. The van der Waals surface area contributed by atoms with Crippen molar-refractivity contribution >= 4 is 39.9 Å². The lowest BCUT2D eigenvalue weighted by Crippen LogP contribution is -2.31. The Balaban J connectivity index is 2.35. The molecule has 0 aliphatic heterocycles. The molecule has 0 aliphatic carbocycles. The molecule has 0 amide bonds. The molecule has 116 valence electrons. The summed E-state index contributed by atoms with van der Waals surface area (Å²) in [5.74, 6) is 0. The van der Waals surface area contributed by atoms with Crippen LogP contribution in [0.25, 0.3) is 16.7 Å². The zero-order valence-electron chi connectivity index (χ0n) is 11.2. The second kappa shape index (κ2) is 5.53. The van der Waals surface area contributed by atoms with E-state index in [1.54, 1.807) is 0 Å². The fraction of sp³-hybridized carbons (Fsp3) is 0. The Labute approximate surface area is 138 Å². The quantitative estimate of drug-likeness (QED) is 0.565. The Hall–Kier alpha value is -2.64. The molecule has 1 aromatic heterocycles. The number of hydrogen-bond donors (Lipinski definition) is 1. The molecule has 0 spiro atoms. The number of rotatable bonds is 2. The van der Waals surface area contributed by atoms with Crippen LogP contribution in [0.3, 0.4) is 0 Å². The van der Waals surface area contributed by atoms with Gasteiger partial charge in [0.1, 0.15) is 5.58 Å². The molecule has 3 rings (SSSR count). The number of benzene rings is 2. The topological polar surface area (TPSA) is 102 Å². The van der Waals surface area contributed by atoms with Gasteiger partial charge in [-0.15, -0.1) is 0 Å². The molecule has 9 heteroatoms. The van der Waals surface area contributed by atoms with Crippen LogP contribution in [0.1, 0.15) is 0 Å². The van der Waals surface area contributed by atoms with E-state index in [0.29, 0.717) is 5.02 Å². The lowest BCUT2D eigenvalue weighted by atomic mass is 10.2. The van der Waals surface area contributed by atoms with Gasteiger partial charge in [0, 0.05) is 17.2 Å². The first-order valence-corrected chi connectivity index (χ1v) is 6.98. The Bertz CT molecular complexity index is 1070. The molecular weight excluding hydrogens is 345 g/mol. The summed E-state index contributed by atoms with van der Waals surface area (Å²) in [5, 5.41) is 19.1. The molecule has 3 aromatic rings. The predicted octanol–water partition coefficient (Wildman–Crippen LogP) is 3.28. The number of hydrogen-bond acceptors (Lipinski definition) is 5. The summed E-state index contributed by atoms with van der Waals surface area (Å²) in [6, 6.07) is 8.01. The molecule has 0 saturated heterocycles. The summed E-state index contributed by atoms with van der Waals surface area (Å²) in [4.78, 5) is 22.8. The highest BCUT2D eigenvalue weighted by atomic mass is 35.5. The number of non-ortho nitro benzene ring substituents is 1. The minimum Gasteiger partial charge on any atom is -0.425 e. The van der Waals surface area contributed by atoms with E-state index in [1.807, 2.05) is 0 Å². The fourth-order valence-electron chi connectivity index (χ4n) is 2.13. The first-order valence-electron chi connectivity index (χ1n) is 6.23. The van der Waals surface area contributed by atoms with Gasteiger partial charge >= 0.3 is 5.68 Å². The van der Waals surface area contributed by atoms with Crippen molar-refractivity contribution in [2.45, 2.75) is 0 Å². The Kier molecular flexibility index (Phi) is 3.67. The summed E-state index contributed by atoms with van der Waals surface area (Å²) in [6.45, 7) is 0. The average Bonchev–Trinajstić information content (AvgIpc) is 2.49. The van der Waals surface area contributed by atoms with E-state index in [9.17, 15) is 14.9 Å². The summed E-state index contributed by atoms with van der Waals surface area (Å²) in [6.07, 6.45) is 0. The molecule has 0 unspecified atom stereocenters. The maximum Gasteiger partial charge on any atom is 0.301 e. The second-order valence-electron chi connectivity index (χ2n) is 4.58. The summed E-state index contributed by atoms with van der Waals surface area (Å²) in [5.41, 5.74) is -0.925. The van der Waals surface area contributed by atoms with Crippen LogP contribution in [0.4, 0.5) is 5.69 Å². The summed E-state index contributed by atoms with van der Waals surface area (Å²) in [7, 11) is 0. The highest BCUT2D eigenvalue weighted by Crippen LogP contribution is 2.24. The van der Waals surface area contributed by atoms with Crippen LogP contribution in [0.15, 0.2) is 45.6 Å². The molecule has 23 heavy (non-hydrogen) atoms. The standard InChI is InChI=1S/C14H7Cl2N3O4/c15-7-1-4-12-9(5-7)13(20)18(14(17)23-12)11-3-2-8(19(21)22)6-10(11)16/h1-6,17H. The van der Waals surface area contributed by atoms with Crippen molar-refractivity contribution < 1.29 is 9.34 Å². The van der Waals surface area contributed by atoms with E-state index in [1.165, 1.54) is 30.3 Å². The molecular formula is C14H7Cl2N3O4. The van der Waals surface area contributed by atoms with Gasteiger partial charge in [-0.2, -0.15) is 0 Å². The van der Waals surface area contributed by atoms with Crippen LogP contribution in [0.2, 0.25) is 10.0 Å². The van der Waals surface area contributed by atoms with E-state index in [-0.39, 0.29) is 27.4 Å². The number of nitro groups is 1. The molecule has 0 radical (unpaired) electrons. The molecule has 0 saturated carbocycles. The van der Waals surface area contributed by atoms with Gasteiger partial charge in [0.15, 0.2) is 0 Å². The van der Waals surface area contributed by atoms with Crippen LogP contribution in [-0.4, -0.2) is 9.49 Å². The minimum atomic E-state index is -0.607. The average molecular weight is 352 g/mol. The molecule has 0 bridgehead atoms. The largest absolute Gasteiger partial charge is 0.425 e. The molecule has 0 aliphatic rings. The first-order chi connectivity index (χ1) is 10.9. The monoisotopic (exact) mass is 351 g/mol. The highest BCUT2D eigenvalue weighted by Gasteiger charge is 2.15. The third-order valence-electron chi connectivity index (χ3n) is 3.17.